The van der Waals surface area contributed by atoms with E-state index in [1.807, 2.05) is 6.07 Å². The van der Waals surface area contributed by atoms with Crippen molar-refractivity contribution in [1.29, 1.82) is 0 Å². The second-order valence-corrected chi connectivity index (χ2v) is 5.85. The fourth-order valence-corrected chi connectivity index (χ4v) is 2.40. The zero-order valence-electron chi connectivity index (χ0n) is 14.3. The zero-order chi connectivity index (χ0) is 18.1. The van der Waals surface area contributed by atoms with Crippen LogP contribution in [0.2, 0.25) is 0 Å². The third-order valence-electron chi connectivity index (χ3n) is 3.62. The second-order valence-electron chi connectivity index (χ2n) is 5.85. The summed E-state index contributed by atoms with van der Waals surface area (Å²) in [6, 6.07) is 7.25. The first-order valence-corrected chi connectivity index (χ1v) is 8.49. The van der Waals surface area contributed by atoms with E-state index in [4.69, 9.17) is 9.63 Å². The standard InChI is InChI=1S/C18H23N3O4/c1-2-5-15-20-17(25-21-15)9-4-8-16(22)19-14-7-3-6-13(12-14)10-11-18(23)24/h3,6-7,12H,2,4-5,8-11H2,1H3,(H,19,22)(H,23,24). The van der Waals surface area contributed by atoms with Gasteiger partial charge >= 0.3 is 5.97 Å². The van der Waals surface area contributed by atoms with Crippen LogP contribution < -0.4 is 5.32 Å². The Labute approximate surface area is 146 Å². The van der Waals surface area contributed by atoms with Crippen LogP contribution in [0.4, 0.5) is 5.69 Å². The van der Waals surface area contributed by atoms with E-state index in [1.54, 1.807) is 18.2 Å². The molecule has 7 nitrogen and oxygen atoms in total. The fourth-order valence-electron chi connectivity index (χ4n) is 2.40. The van der Waals surface area contributed by atoms with Crippen molar-refractivity contribution in [1.82, 2.24) is 10.1 Å². The Morgan fingerprint density at radius 2 is 2.04 bits per heavy atom. The van der Waals surface area contributed by atoms with Crippen molar-refractivity contribution in [3.8, 4) is 0 Å². The van der Waals surface area contributed by atoms with Crippen LogP contribution >= 0.6 is 0 Å². The number of carbonyl (C=O) groups is 2. The summed E-state index contributed by atoms with van der Waals surface area (Å²) in [5.41, 5.74) is 1.56. The third kappa shape index (κ3) is 6.74. The van der Waals surface area contributed by atoms with Gasteiger partial charge < -0.3 is 14.9 Å². The Bertz CT molecular complexity index is 712. The van der Waals surface area contributed by atoms with E-state index < -0.39 is 5.97 Å². The van der Waals surface area contributed by atoms with Crippen molar-refractivity contribution in [3.63, 3.8) is 0 Å². The monoisotopic (exact) mass is 345 g/mol. The van der Waals surface area contributed by atoms with Crippen molar-refractivity contribution in [2.45, 2.75) is 51.9 Å². The quantitative estimate of drug-likeness (QED) is 0.686. The molecule has 0 bridgehead atoms. The summed E-state index contributed by atoms with van der Waals surface area (Å²) in [5, 5.41) is 15.4. The summed E-state index contributed by atoms with van der Waals surface area (Å²) in [7, 11) is 0. The van der Waals surface area contributed by atoms with Gasteiger partial charge in [-0.15, -0.1) is 0 Å². The summed E-state index contributed by atoms with van der Waals surface area (Å²) >= 11 is 0. The normalized spacial score (nSPS) is 10.6. The molecule has 0 saturated heterocycles. The number of aryl methyl sites for hydroxylation is 3. The Morgan fingerprint density at radius 3 is 2.80 bits per heavy atom. The Kier molecular flexibility index (Phi) is 7.13. The topological polar surface area (TPSA) is 105 Å². The number of nitrogens with zero attached hydrogens (tertiary/aromatic N) is 2. The van der Waals surface area contributed by atoms with E-state index >= 15 is 0 Å². The first kappa shape index (κ1) is 18.6. The number of aliphatic carboxylic acids is 1. The molecule has 0 saturated carbocycles. The van der Waals surface area contributed by atoms with Crippen LogP contribution in [0, 0.1) is 0 Å². The molecule has 0 unspecified atom stereocenters. The molecule has 1 aromatic carbocycles. The van der Waals surface area contributed by atoms with Crippen LogP contribution in [-0.2, 0) is 28.9 Å². The first-order valence-electron chi connectivity index (χ1n) is 8.49. The number of aromatic nitrogens is 2. The molecule has 2 aromatic rings. The highest BCUT2D eigenvalue weighted by Crippen LogP contribution is 2.13. The van der Waals surface area contributed by atoms with Gasteiger partial charge in [0.25, 0.3) is 0 Å². The molecule has 0 radical (unpaired) electrons. The number of carbonyl (C=O) groups excluding carboxylic acids is 1. The zero-order valence-corrected chi connectivity index (χ0v) is 14.3. The van der Waals surface area contributed by atoms with Crippen molar-refractivity contribution in [2.24, 2.45) is 0 Å². The van der Waals surface area contributed by atoms with E-state index in [0.717, 1.165) is 18.4 Å². The maximum Gasteiger partial charge on any atom is 0.303 e. The molecule has 134 valence electrons. The number of carboxylic acid groups (broad SMARTS) is 1. The van der Waals surface area contributed by atoms with Crippen LogP contribution in [0.1, 0.15) is 49.9 Å². The minimum absolute atomic E-state index is 0.0710. The van der Waals surface area contributed by atoms with Crippen LogP contribution in [0.25, 0.3) is 0 Å². The van der Waals surface area contributed by atoms with Gasteiger partial charge in [-0.25, -0.2) is 0 Å². The summed E-state index contributed by atoms with van der Waals surface area (Å²) in [6.07, 6.45) is 3.82. The van der Waals surface area contributed by atoms with Gasteiger partial charge in [0.1, 0.15) is 0 Å². The highest BCUT2D eigenvalue weighted by molar-refractivity contribution is 5.90. The molecule has 7 heteroatoms. The van der Waals surface area contributed by atoms with Gasteiger partial charge in [0, 0.05) is 31.4 Å². The molecular formula is C18H23N3O4. The Morgan fingerprint density at radius 1 is 1.20 bits per heavy atom. The first-order chi connectivity index (χ1) is 12.1. The maximum atomic E-state index is 12.0. The number of benzene rings is 1. The second kappa shape index (κ2) is 9.56. The van der Waals surface area contributed by atoms with Gasteiger partial charge in [-0.1, -0.05) is 24.2 Å². The number of rotatable bonds is 10. The molecule has 1 aromatic heterocycles. The molecule has 0 fully saturated rings. The lowest BCUT2D eigenvalue weighted by Crippen LogP contribution is -2.11. The Balaban J connectivity index is 1.75. The van der Waals surface area contributed by atoms with Crippen LogP contribution in [0.15, 0.2) is 28.8 Å². The van der Waals surface area contributed by atoms with Crippen LogP contribution in [-0.4, -0.2) is 27.1 Å². The van der Waals surface area contributed by atoms with E-state index in [0.29, 0.717) is 43.1 Å². The van der Waals surface area contributed by atoms with Gasteiger partial charge in [-0.3, -0.25) is 9.59 Å². The lowest BCUT2D eigenvalue weighted by molar-refractivity contribution is -0.137. The van der Waals surface area contributed by atoms with Crippen LogP contribution in [0.3, 0.4) is 0 Å². The maximum absolute atomic E-state index is 12.0. The van der Waals surface area contributed by atoms with E-state index in [1.165, 1.54) is 0 Å². The van der Waals surface area contributed by atoms with E-state index in [2.05, 4.69) is 22.4 Å². The van der Waals surface area contributed by atoms with Gasteiger partial charge in [0.15, 0.2) is 5.82 Å². The van der Waals surface area contributed by atoms with E-state index in [9.17, 15) is 9.59 Å². The molecule has 0 aliphatic heterocycles. The molecule has 2 N–H and O–H groups in total. The lowest BCUT2D eigenvalue weighted by Gasteiger charge is -2.06. The lowest BCUT2D eigenvalue weighted by atomic mass is 10.1. The number of carboxylic acids is 1. The van der Waals surface area contributed by atoms with Crippen molar-refractivity contribution in [2.75, 3.05) is 5.32 Å². The SMILES string of the molecule is CCCc1noc(CCCC(=O)Nc2cccc(CCC(=O)O)c2)n1. The smallest absolute Gasteiger partial charge is 0.303 e. The molecule has 2 rings (SSSR count). The van der Waals surface area contributed by atoms with Gasteiger partial charge in [-0.05, 0) is 37.0 Å². The molecular weight excluding hydrogens is 322 g/mol. The minimum Gasteiger partial charge on any atom is -0.481 e. The average molecular weight is 345 g/mol. The minimum atomic E-state index is -0.836. The summed E-state index contributed by atoms with van der Waals surface area (Å²) in [4.78, 5) is 26.9. The summed E-state index contributed by atoms with van der Waals surface area (Å²) in [6.45, 7) is 2.05. The highest BCUT2D eigenvalue weighted by Gasteiger charge is 2.08. The fraction of sp³-hybridized carbons (Fsp3) is 0.444. The summed E-state index contributed by atoms with van der Waals surface area (Å²) in [5.74, 6) is 0.341. The van der Waals surface area contributed by atoms with Crippen molar-refractivity contribution < 1.29 is 19.2 Å². The number of hydrogen-bond donors (Lipinski definition) is 2. The number of amides is 1. The largest absolute Gasteiger partial charge is 0.481 e. The van der Waals surface area contributed by atoms with Gasteiger partial charge in [0.05, 0.1) is 0 Å². The van der Waals surface area contributed by atoms with E-state index in [-0.39, 0.29) is 12.3 Å². The summed E-state index contributed by atoms with van der Waals surface area (Å²) < 4.78 is 5.14. The molecule has 0 atom stereocenters. The van der Waals surface area contributed by atoms with Crippen LogP contribution in [0.5, 0.6) is 0 Å². The molecule has 25 heavy (non-hydrogen) atoms. The predicted molar refractivity (Wildman–Crippen MR) is 92.3 cm³/mol. The third-order valence-corrected chi connectivity index (χ3v) is 3.62. The van der Waals surface area contributed by atoms with Crippen molar-refractivity contribution >= 4 is 17.6 Å². The number of nitrogens with one attached hydrogen (secondary N) is 1. The highest BCUT2D eigenvalue weighted by atomic mass is 16.5. The van der Waals surface area contributed by atoms with Crippen molar-refractivity contribution in [3.05, 3.63) is 41.5 Å². The average Bonchev–Trinajstić information content (AvgIpc) is 3.01. The van der Waals surface area contributed by atoms with Gasteiger partial charge in [0.2, 0.25) is 11.8 Å². The Hall–Kier alpha value is -2.70. The predicted octanol–water partition coefficient (Wildman–Crippen LogP) is 3.00. The number of anilines is 1. The molecule has 0 aliphatic carbocycles. The molecule has 1 amide bonds. The number of hydrogen-bond acceptors (Lipinski definition) is 5. The molecule has 0 aliphatic rings. The molecule has 1 heterocycles. The molecule has 0 spiro atoms. The van der Waals surface area contributed by atoms with Gasteiger partial charge in [-0.2, -0.15) is 4.98 Å².